The number of amides is 1. The van der Waals surface area contributed by atoms with Gasteiger partial charge in [-0.3, -0.25) is 4.79 Å². The van der Waals surface area contributed by atoms with Crippen molar-refractivity contribution < 1.29 is 17.6 Å². The number of nitrogens with one attached hydrogen (secondary N) is 2. The lowest BCUT2D eigenvalue weighted by atomic mass is 10.2. The summed E-state index contributed by atoms with van der Waals surface area (Å²) in [4.78, 5) is 11.9. The molecular formula is C16H17FN2O3S. The van der Waals surface area contributed by atoms with Crippen molar-refractivity contribution >= 4 is 15.9 Å². The average molecular weight is 336 g/mol. The number of rotatable bonds is 6. The SMILES string of the molecule is Cc1ccc(S(=O)(=O)NCCNC(=O)c2ccccc2F)cc1. The number of hydrogen-bond acceptors (Lipinski definition) is 3. The summed E-state index contributed by atoms with van der Waals surface area (Å²) in [6, 6.07) is 12.0. The van der Waals surface area contributed by atoms with Crippen molar-refractivity contribution in [2.45, 2.75) is 11.8 Å². The maximum atomic E-state index is 13.4. The number of aryl methyl sites for hydroxylation is 1. The second-order valence-electron chi connectivity index (χ2n) is 4.95. The molecule has 0 atom stereocenters. The number of sulfonamides is 1. The number of carbonyl (C=O) groups is 1. The van der Waals surface area contributed by atoms with Crippen LogP contribution in [0.25, 0.3) is 0 Å². The van der Waals surface area contributed by atoms with Crippen molar-refractivity contribution in [3.8, 4) is 0 Å². The number of hydrogen-bond donors (Lipinski definition) is 2. The fraction of sp³-hybridized carbons (Fsp3) is 0.188. The van der Waals surface area contributed by atoms with Gasteiger partial charge in [-0.2, -0.15) is 0 Å². The smallest absolute Gasteiger partial charge is 0.254 e. The lowest BCUT2D eigenvalue weighted by Gasteiger charge is -2.08. The fourth-order valence-electron chi connectivity index (χ4n) is 1.90. The predicted molar refractivity (Wildman–Crippen MR) is 85.1 cm³/mol. The molecule has 0 saturated heterocycles. The molecule has 0 aliphatic heterocycles. The van der Waals surface area contributed by atoms with E-state index in [0.717, 1.165) is 5.56 Å². The first-order chi connectivity index (χ1) is 10.9. The molecule has 0 saturated carbocycles. The standard InChI is InChI=1S/C16H17FN2O3S/c1-12-6-8-13(9-7-12)23(21,22)19-11-10-18-16(20)14-4-2-3-5-15(14)17/h2-9,19H,10-11H2,1H3,(H,18,20). The van der Waals surface area contributed by atoms with E-state index >= 15 is 0 Å². The zero-order valence-electron chi connectivity index (χ0n) is 12.5. The van der Waals surface area contributed by atoms with Crippen LogP contribution in [0, 0.1) is 12.7 Å². The Morgan fingerprint density at radius 2 is 1.70 bits per heavy atom. The third-order valence-electron chi connectivity index (χ3n) is 3.15. The molecular weight excluding hydrogens is 319 g/mol. The van der Waals surface area contributed by atoms with E-state index in [-0.39, 0.29) is 23.5 Å². The van der Waals surface area contributed by atoms with Crippen LogP contribution in [0.15, 0.2) is 53.4 Å². The first-order valence-corrected chi connectivity index (χ1v) is 8.47. The van der Waals surface area contributed by atoms with Gasteiger partial charge in [-0.05, 0) is 31.2 Å². The van der Waals surface area contributed by atoms with Crippen LogP contribution < -0.4 is 10.0 Å². The van der Waals surface area contributed by atoms with Gasteiger partial charge in [-0.1, -0.05) is 29.8 Å². The second-order valence-corrected chi connectivity index (χ2v) is 6.71. The largest absolute Gasteiger partial charge is 0.351 e. The summed E-state index contributed by atoms with van der Waals surface area (Å²) in [7, 11) is -3.62. The molecule has 5 nitrogen and oxygen atoms in total. The summed E-state index contributed by atoms with van der Waals surface area (Å²) in [5.41, 5.74) is 0.884. The van der Waals surface area contributed by atoms with Crippen LogP contribution >= 0.6 is 0 Å². The van der Waals surface area contributed by atoms with Gasteiger partial charge in [-0.15, -0.1) is 0 Å². The minimum Gasteiger partial charge on any atom is -0.351 e. The van der Waals surface area contributed by atoms with Crippen molar-refractivity contribution in [3.05, 3.63) is 65.5 Å². The van der Waals surface area contributed by atoms with E-state index in [4.69, 9.17) is 0 Å². The molecule has 0 fully saturated rings. The summed E-state index contributed by atoms with van der Waals surface area (Å²) < 4.78 is 39.9. The number of halogens is 1. The molecule has 23 heavy (non-hydrogen) atoms. The molecule has 1 amide bonds. The van der Waals surface area contributed by atoms with Crippen LogP contribution in [0.2, 0.25) is 0 Å². The van der Waals surface area contributed by atoms with Crippen LogP contribution in [0.1, 0.15) is 15.9 Å². The Bertz CT molecular complexity index is 789. The maximum absolute atomic E-state index is 13.4. The van der Waals surface area contributed by atoms with Crippen molar-refractivity contribution in [1.29, 1.82) is 0 Å². The van der Waals surface area contributed by atoms with Gasteiger partial charge in [0.15, 0.2) is 0 Å². The Morgan fingerprint density at radius 1 is 1.04 bits per heavy atom. The van der Waals surface area contributed by atoms with Crippen LogP contribution in [0.3, 0.4) is 0 Å². The first kappa shape index (κ1) is 17.1. The Labute approximate surface area is 134 Å². The molecule has 2 aromatic rings. The van der Waals surface area contributed by atoms with Gasteiger partial charge < -0.3 is 5.32 Å². The zero-order valence-corrected chi connectivity index (χ0v) is 13.4. The lowest BCUT2D eigenvalue weighted by Crippen LogP contribution is -2.35. The van der Waals surface area contributed by atoms with E-state index in [9.17, 15) is 17.6 Å². The summed E-state index contributed by atoms with van der Waals surface area (Å²) >= 11 is 0. The number of benzene rings is 2. The molecule has 0 heterocycles. The van der Waals surface area contributed by atoms with Gasteiger partial charge in [0.05, 0.1) is 10.5 Å². The highest BCUT2D eigenvalue weighted by molar-refractivity contribution is 7.89. The lowest BCUT2D eigenvalue weighted by molar-refractivity contribution is 0.0950. The molecule has 0 aromatic heterocycles. The van der Waals surface area contributed by atoms with Gasteiger partial charge in [-0.25, -0.2) is 17.5 Å². The number of carbonyl (C=O) groups excluding carboxylic acids is 1. The van der Waals surface area contributed by atoms with E-state index in [1.165, 1.54) is 30.3 Å². The molecule has 0 bridgehead atoms. The Morgan fingerprint density at radius 3 is 2.35 bits per heavy atom. The topological polar surface area (TPSA) is 75.3 Å². The minimum absolute atomic E-state index is 0.0103. The fourth-order valence-corrected chi connectivity index (χ4v) is 2.93. The van der Waals surface area contributed by atoms with Gasteiger partial charge in [0.2, 0.25) is 10.0 Å². The Balaban J connectivity index is 1.86. The molecule has 2 aromatic carbocycles. The van der Waals surface area contributed by atoms with Gasteiger partial charge in [0.1, 0.15) is 5.82 Å². The van der Waals surface area contributed by atoms with Crippen molar-refractivity contribution in [1.82, 2.24) is 10.0 Å². The van der Waals surface area contributed by atoms with E-state index in [0.29, 0.717) is 0 Å². The Kier molecular flexibility index (Phi) is 5.46. The average Bonchev–Trinajstić information content (AvgIpc) is 2.52. The molecule has 7 heteroatoms. The highest BCUT2D eigenvalue weighted by atomic mass is 32.2. The van der Waals surface area contributed by atoms with Crippen molar-refractivity contribution in [2.75, 3.05) is 13.1 Å². The molecule has 2 N–H and O–H groups in total. The molecule has 0 spiro atoms. The monoisotopic (exact) mass is 336 g/mol. The third kappa shape index (κ3) is 4.61. The van der Waals surface area contributed by atoms with E-state index in [1.807, 2.05) is 6.92 Å². The molecule has 0 unspecified atom stereocenters. The van der Waals surface area contributed by atoms with Crippen LogP contribution in [-0.4, -0.2) is 27.4 Å². The quantitative estimate of drug-likeness (QED) is 0.791. The van der Waals surface area contributed by atoms with Crippen molar-refractivity contribution in [2.24, 2.45) is 0 Å². The third-order valence-corrected chi connectivity index (χ3v) is 4.63. The summed E-state index contributed by atoms with van der Waals surface area (Å²) in [6.07, 6.45) is 0. The highest BCUT2D eigenvalue weighted by Crippen LogP contribution is 2.09. The highest BCUT2D eigenvalue weighted by Gasteiger charge is 2.14. The predicted octanol–water partition coefficient (Wildman–Crippen LogP) is 1.84. The van der Waals surface area contributed by atoms with E-state index in [2.05, 4.69) is 10.0 Å². The van der Waals surface area contributed by atoms with Gasteiger partial charge in [0, 0.05) is 13.1 Å². The van der Waals surface area contributed by atoms with Gasteiger partial charge >= 0.3 is 0 Å². The van der Waals surface area contributed by atoms with Gasteiger partial charge in [0.25, 0.3) is 5.91 Å². The summed E-state index contributed by atoms with van der Waals surface area (Å²) in [6.45, 7) is 1.93. The molecule has 0 radical (unpaired) electrons. The summed E-state index contributed by atoms with van der Waals surface area (Å²) in [5, 5.41) is 2.47. The zero-order chi connectivity index (χ0) is 16.9. The van der Waals surface area contributed by atoms with Crippen LogP contribution in [0.5, 0.6) is 0 Å². The maximum Gasteiger partial charge on any atom is 0.254 e. The summed E-state index contributed by atoms with van der Waals surface area (Å²) in [5.74, 6) is -1.21. The second kappa shape index (κ2) is 7.34. The van der Waals surface area contributed by atoms with E-state index in [1.54, 1.807) is 18.2 Å². The molecule has 122 valence electrons. The van der Waals surface area contributed by atoms with E-state index < -0.39 is 21.7 Å². The molecule has 0 aliphatic rings. The van der Waals surface area contributed by atoms with Crippen LogP contribution in [-0.2, 0) is 10.0 Å². The first-order valence-electron chi connectivity index (χ1n) is 6.99. The van der Waals surface area contributed by atoms with Crippen LogP contribution in [0.4, 0.5) is 4.39 Å². The minimum atomic E-state index is -3.62. The Hall–Kier alpha value is -2.25. The van der Waals surface area contributed by atoms with Crippen molar-refractivity contribution in [3.63, 3.8) is 0 Å². The normalized spacial score (nSPS) is 11.2. The molecule has 0 aliphatic carbocycles. The molecule has 2 rings (SSSR count).